The van der Waals surface area contributed by atoms with Crippen LogP contribution in [0.4, 0.5) is 0 Å². The van der Waals surface area contributed by atoms with Gasteiger partial charge in [-0.25, -0.2) is 0 Å². The number of amides is 1. The number of methoxy groups -OCH3 is 1. The van der Waals surface area contributed by atoms with Gasteiger partial charge in [0.05, 0.1) is 23.9 Å². The molecule has 24 heavy (non-hydrogen) atoms. The molecule has 0 bridgehead atoms. The molecule has 3 rings (SSSR count). The lowest BCUT2D eigenvalue weighted by atomic mass is 10.1. The molecule has 6 heteroatoms. The monoisotopic (exact) mass is 327 g/mol. The zero-order chi connectivity index (χ0) is 16.9. The number of carbonyl (C=O) groups excluding carboxylic acids is 1. The Morgan fingerprint density at radius 1 is 1.33 bits per heavy atom. The Morgan fingerprint density at radius 3 is 2.92 bits per heavy atom. The van der Waals surface area contributed by atoms with E-state index in [0.717, 1.165) is 12.0 Å². The highest BCUT2D eigenvalue weighted by Crippen LogP contribution is 2.23. The van der Waals surface area contributed by atoms with Gasteiger partial charge in [-0.1, -0.05) is 0 Å². The van der Waals surface area contributed by atoms with E-state index in [9.17, 15) is 4.79 Å². The molecule has 0 unspecified atom stereocenters. The summed E-state index contributed by atoms with van der Waals surface area (Å²) in [5, 5.41) is 0. The second-order valence-corrected chi connectivity index (χ2v) is 5.96. The predicted octanol–water partition coefficient (Wildman–Crippen LogP) is 2.09. The Hall–Kier alpha value is -2.47. The molecule has 0 N–H and O–H groups in total. The first kappa shape index (κ1) is 16.4. The summed E-state index contributed by atoms with van der Waals surface area (Å²) in [5.41, 5.74) is 1.56. The number of aryl methyl sites for hydroxylation is 1. The van der Waals surface area contributed by atoms with Gasteiger partial charge in [0, 0.05) is 32.2 Å². The molecule has 2 atom stereocenters. The molecule has 0 saturated carbocycles. The van der Waals surface area contributed by atoms with Crippen molar-refractivity contribution in [1.29, 1.82) is 0 Å². The Kier molecular flexibility index (Phi) is 5.05. The van der Waals surface area contributed by atoms with Crippen molar-refractivity contribution < 1.29 is 14.3 Å². The van der Waals surface area contributed by atoms with Crippen LogP contribution in [0, 0.1) is 6.92 Å². The molecule has 2 aromatic heterocycles. The van der Waals surface area contributed by atoms with E-state index in [1.54, 1.807) is 31.9 Å². The molecule has 1 saturated heterocycles. The molecule has 1 aliphatic rings. The summed E-state index contributed by atoms with van der Waals surface area (Å²) >= 11 is 0. The van der Waals surface area contributed by atoms with Crippen molar-refractivity contribution in [1.82, 2.24) is 14.9 Å². The van der Waals surface area contributed by atoms with E-state index in [1.807, 2.05) is 30.0 Å². The van der Waals surface area contributed by atoms with Crippen LogP contribution in [0.25, 0.3) is 0 Å². The van der Waals surface area contributed by atoms with E-state index in [2.05, 4.69) is 9.97 Å². The maximum Gasteiger partial charge on any atom is 0.255 e. The van der Waals surface area contributed by atoms with Gasteiger partial charge in [0.25, 0.3) is 5.91 Å². The number of hydrogen-bond acceptors (Lipinski definition) is 5. The zero-order valence-electron chi connectivity index (χ0n) is 13.9. The first-order chi connectivity index (χ1) is 11.7. The Bertz CT molecular complexity index is 693. The van der Waals surface area contributed by atoms with Crippen LogP contribution in [-0.2, 0) is 4.74 Å². The molecule has 2 aromatic rings. The number of nitrogens with zero attached hydrogens (tertiary/aromatic N) is 3. The smallest absolute Gasteiger partial charge is 0.255 e. The van der Waals surface area contributed by atoms with Crippen LogP contribution in [0.5, 0.6) is 5.75 Å². The van der Waals surface area contributed by atoms with Crippen molar-refractivity contribution in [3.8, 4) is 5.75 Å². The standard InChI is InChI=1S/C18H21N3O3/c1-13-6-14(9-20-8-13)18(22)21-11-17(23-2)7-15(21)12-24-16-4-3-5-19-10-16/h3-6,8-10,15,17H,7,11-12H2,1-2H3/t15-,17+/m0/s1. The molecule has 0 radical (unpaired) electrons. The maximum absolute atomic E-state index is 12.8. The summed E-state index contributed by atoms with van der Waals surface area (Å²) in [5.74, 6) is 0.661. The Balaban J connectivity index is 1.72. The van der Waals surface area contributed by atoms with Gasteiger partial charge in [-0.05, 0) is 37.1 Å². The number of aromatic nitrogens is 2. The van der Waals surface area contributed by atoms with Crippen LogP contribution in [0.3, 0.4) is 0 Å². The maximum atomic E-state index is 12.8. The van der Waals surface area contributed by atoms with Gasteiger partial charge in [0.2, 0.25) is 0 Å². The van der Waals surface area contributed by atoms with E-state index in [4.69, 9.17) is 9.47 Å². The van der Waals surface area contributed by atoms with Crippen molar-refractivity contribution in [2.24, 2.45) is 0 Å². The normalized spacial score (nSPS) is 20.2. The fourth-order valence-electron chi connectivity index (χ4n) is 2.91. The Labute approximate surface area is 141 Å². The summed E-state index contributed by atoms with van der Waals surface area (Å²) in [7, 11) is 1.67. The number of ether oxygens (including phenoxy) is 2. The highest BCUT2D eigenvalue weighted by atomic mass is 16.5. The number of rotatable bonds is 5. The molecular weight excluding hydrogens is 306 g/mol. The summed E-state index contributed by atoms with van der Waals surface area (Å²) in [6.45, 7) is 2.90. The van der Waals surface area contributed by atoms with Crippen LogP contribution in [0.2, 0.25) is 0 Å². The van der Waals surface area contributed by atoms with E-state index in [1.165, 1.54) is 0 Å². The molecular formula is C18H21N3O3. The quantitative estimate of drug-likeness (QED) is 0.841. The minimum Gasteiger partial charge on any atom is -0.490 e. The first-order valence-corrected chi connectivity index (χ1v) is 7.95. The van der Waals surface area contributed by atoms with Crippen LogP contribution in [0.15, 0.2) is 43.0 Å². The van der Waals surface area contributed by atoms with E-state index in [0.29, 0.717) is 24.5 Å². The van der Waals surface area contributed by atoms with E-state index < -0.39 is 0 Å². The van der Waals surface area contributed by atoms with Gasteiger partial charge in [-0.15, -0.1) is 0 Å². The second kappa shape index (κ2) is 7.40. The van der Waals surface area contributed by atoms with Crippen LogP contribution < -0.4 is 4.74 Å². The van der Waals surface area contributed by atoms with Gasteiger partial charge < -0.3 is 14.4 Å². The summed E-state index contributed by atoms with van der Waals surface area (Å²) in [6, 6.07) is 5.49. The van der Waals surface area contributed by atoms with Gasteiger partial charge >= 0.3 is 0 Å². The molecule has 3 heterocycles. The van der Waals surface area contributed by atoms with Crippen LogP contribution in [0.1, 0.15) is 22.3 Å². The highest BCUT2D eigenvalue weighted by Gasteiger charge is 2.36. The van der Waals surface area contributed by atoms with Crippen molar-refractivity contribution in [3.05, 3.63) is 54.1 Å². The third-order valence-corrected chi connectivity index (χ3v) is 4.17. The first-order valence-electron chi connectivity index (χ1n) is 7.95. The van der Waals surface area contributed by atoms with Crippen molar-refractivity contribution in [3.63, 3.8) is 0 Å². The number of carbonyl (C=O) groups is 1. The molecule has 1 fully saturated rings. The molecule has 126 valence electrons. The molecule has 1 aliphatic heterocycles. The number of pyridine rings is 2. The lowest BCUT2D eigenvalue weighted by Crippen LogP contribution is -2.39. The largest absolute Gasteiger partial charge is 0.490 e. The second-order valence-electron chi connectivity index (χ2n) is 5.96. The molecule has 0 aliphatic carbocycles. The van der Waals surface area contributed by atoms with Gasteiger partial charge in [0.15, 0.2) is 0 Å². The molecule has 1 amide bonds. The highest BCUT2D eigenvalue weighted by molar-refractivity contribution is 5.94. The van der Waals surface area contributed by atoms with Crippen LogP contribution >= 0.6 is 0 Å². The third kappa shape index (κ3) is 3.71. The van der Waals surface area contributed by atoms with E-state index >= 15 is 0 Å². The lowest BCUT2D eigenvalue weighted by molar-refractivity contribution is 0.0657. The minimum atomic E-state index is -0.0387. The van der Waals surface area contributed by atoms with Gasteiger partial charge in [0.1, 0.15) is 12.4 Å². The van der Waals surface area contributed by atoms with Crippen molar-refractivity contribution >= 4 is 5.91 Å². The average molecular weight is 327 g/mol. The topological polar surface area (TPSA) is 64.6 Å². The SMILES string of the molecule is CO[C@@H]1C[C@@H](COc2cccnc2)N(C(=O)c2cncc(C)c2)C1. The van der Waals surface area contributed by atoms with Crippen molar-refractivity contribution in [2.45, 2.75) is 25.5 Å². The minimum absolute atomic E-state index is 0.0224. The lowest BCUT2D eigenvalue weighted by Gasteiger charge is -2.24. The molecule has 0 spiro atoms. The number of likely N-dealkylation sites (tertiary alicyclic amines) is 1. The average Bonchev–Trinajstić information content (AvgIpc) is 3.03. The third-order valence-electron chi connectivity index (χ3n) is 4.17. The van der Waals surface area contributed by atoms with E-state index in [-0.39, 0.29) is 18.1 Å². The van der Waals surface area contributed by atoms with Crippen molar-refractivity contribution in [2.75, 3.05) is 20.3 Å². The summed E-state index contributed by atoms with van der Waals surface area (Å²) in [4.78, 5) is 22.8. The molecule has 0 aromatic carbocycles. The van der Waals surface area contributed by atoms with Gasteiger partial charge in [-0.3, -0.25) is 14.8 Å². The fourth-order valence-corrected chi connectivity index (χ4v) is 2.91. The fraction of sp³-hybridized carbons (Fsp3) is 0.389. The van der Waals surface area contributed by atoms with Crippen LogP contribution in [-0.4, -0.2) is 53.2 Å². The summed E-state index contributed by atoms with van der Waals surface area (Å²) in [6.07, 6.45) is 7.48. The summed E-state index contributed by atoms with van der Waals surface area (Å²) < 4.78 is 11.3. The predicted molar refractivity (Wildman–Crippen MR) is 88.9 cm³/mol. The molecule has 6 nitrogen and oxygen atoms in total. The number of hydrogen-bond donors (Lipinski definition) is 0. The Morgan fingerprint density at radius 2 is 2.21 bits per heavy atom. The van der Waals surface area contributed by atoms with Gasteiger partial charge in [-0.2, -0.15) is 0 Å². The zero-order valence-corrected chi connectivity index (χ0v) is 13.9.